The lowest BCUT2D eigenvalue weighted by atomic mass is 10.1. The summed E-state index contributed by atoms with van der Waals surface area (Å²) >= 11 is 0. The van der Waals surface area contributed by atoms with Crippen LogP contribution in [0.3, 0.4) is 0 Å². The van der Waals surface area contributed by atoms with Gasteiger partial charge in [0.05, 0.1) is 13.2 Å². The smallest absolute Gasteiger partial charge is 0.378 e. The molecule has 1 fully saturated rings. The van der Waals surface area contributed by atoms with Gasteiger partial charge in [0.25, 0.3) is 0 Å². The Balaban J connectivity index is 1.57. The van der Waals surface area contributed by atoms with E-state index in [4.69, 9.17) is 4.74 Å². The average Bonchev–Trinajstić information content (AvgIpc) is 3.17. The molecule has 2 heterocycles. The van der Waals surface area contributed by atoms with Crippen LogP contribution >= 0.6 is 0 Å². The van der Waals surface area contributed by atoms with Crippen LogP contribution in [0.5, 0.6) is 0 Å². The van der Waals surface area contributed by atoms with Gasteiger partial charge in [-0.3, -0.25) is 9.59 Å². The zero-order chi connectivity index (χ0) is 19.4. The van der Waals surface area contributed by atoms with Crippen LogP contribution in [0, 0.1) is 0 Å². The molecule has 1 aromatic heterocycles. The predicted octanol–water partition coefficient (Wildman–Crippen LogP) is 1.23. The maximum Gasteiger partial charge on any atom is 0.471 e. The van der Waals surface area contributed by atoms with E-state index >= 15 is 0 Å². The summed E-state index contributed by atoms with van der Waals surface area (Å²) in [4.78, 5) is 28.6. The van der Waals surface area contributed by atoms with E-state index in [0.717, 1.165) is 0 Å². The highest BCUT2D eigenvalue weighted by Gasteiger charge is 2.38. The standard InChI is InChI=1S/C16H15F3N4O4/c17-16(18,19)15-21-12(22-27-15)11-3-1-10(2-4-11)9-20-13(24)14(25)23-5-7-26-8-6-23/h1-4H,5-9H2,(H,20,24). The number of benzene rings is 1. The van der Waals surface area contributed by atoms with E-state index in [2.05, 4.69) is 20.0 Å². The van der Waals surface area contributed by atoms with Gasteiger partial charge in [-0.25, -0.2) is 0 Å². The minimum atomic E-state index is -4.71. The molecule has 3 rings (SSSR count). The highest BCUT2D eigenvalue weighted by atomic mass is 19.4. The molecular weight excluding hydrogens is 369 g/mol. The van der Waals surface area contributed by atoms with Gasteiger partial charge in [0.15, 0.2) is 0 Å². The summed E-state index contributed by atoms with van der Waals surface area (Å²) in [6, 6.07) is 6.16. The molecule has 8 nitrogen and oxygen atoms in total. The summed E-state index contributed by atoms with van der Waals surface area (Å²) in [5.41, 5.74) is 0.982. The second-order valence-corrected chi connectivity index (χ2v) is 5.71. The fourth-order valence-corrected chi connectivity index (χ4v) is 2.40. The molecule has 0 spiro atoms. The number of hydrogen-bond acceptors (Lipinski definition) is 6. The fourth-order valence-electron chi connectivity index (χ4n) is 2.40. The molecule has 2 amide bonds. The van der Waals surface area contributed by atoms with E-state index < -0.39 is 23.9 Å². The van der Waals surface area contributed by atoms with Gasteiger partial charge in [-0.1, -0.05) is 29.4 Å². The normalized spacial score (nSPS) is 14.9. The first-order valence-corrected chi connectivity index (χ1v) is 7.99. The van der Waals surface area contributed by atoms with Crippen molar-refractivity contribution in [3.8, 4) is 11.4 Å². The molecule has 1 saturated heterocycles. The first kappa shape index (κ1) is 18.8. The third kappa shape index (κ3) is 4.61. The minimum absolute atomic E-state index is 0.0925. The predicted molar refractivity (Wildman–Crippen MR) is 84.0 cm³/mol. The van der Waals surface area contributed by atoms with Crippen molar-refractivity contribution in [2.75, 3.05) is 26.3 Å². The van der Waals surface area contributed by atoms with Gasteiger partial charge >= 0.3 is 23.9 Å². The SMILES string of the molecule is O=C(NCc1ccc(-c2noc(C(F)(F)F)n2)cc1)C(=O)N1CCOCC1. The van der Waals surface area contributed by atoms with Crippen LogP contribution in [0.1, 0.15) is 11.5 Å². The maximum absolute atomic E-state index is 12.5. The van der Waals surface area contributed by atoms with E-state index in [1.54, 1.807) is 12.1 Å². The van der Waals surface area contributed by atoms with Crippen LogP contribution in [0.4, 0.5) is 13.2 Å². The van der Waals surface area contributed by atoms with Gasteiger partial charge < -0.3 is 19.5 Å². The summed E-state index contributed by atoms with van der Waals surface area (Å²) in [5, 5.41) is 5.81. The van der Waals surface area contributed by atoms with Gasteiger partial charge in [-0.05, 0) is 5.56 Å². The zero-order valence-corrected chi connectivity index (χ0v) is 14.0. The third-order valence-corrected chi connectivity index (χ3v) is 3.83. The highest BCUT2D eigenvalue weighted by molar-refractivity contribution is 6.34. The largest absolute Gasteiger partial charge is 0.471 e. The third-order valence-electron chi connectivity index (χ3n) is 3.83. The van der Waals surface area contributed by atoms with E-state index in [0.29, 0.717) is 37.4 Å². The lowest BCUT2D eigenvalue weighted by molar-refractivity contribution is -0.159. The highest BCUT2D eigenvalue weighted by Crippen LogP contribution is 2.29. The van der Waals surface area contributed by atoms with Gasteiger partial charge in [0.2, 0.25) is 5.82 Å². The summed E-state index contributed by atoms with van der Waals surface area (Å²) in [6.45, 7) is 1.62. The Kier molecular flexibility index (Phi) is 5.40. The Morgan fingerprint density at radius 2 is 1.81 bits per heavy atom. The second kappa shape index (κ2) is 7.74. The van der Waals surface area contributed by atoms with Crippen molar-refractivity contribution in [3.05, 3.63) is 35.7 Å². The summed E-state index contributed by atoms with van der Waals surface area (Å²) in [5.74, 6) is -2.97. The maximum atomic E-state index is 12.5. The molecule has 0 radical (unpaired) electrons. The molecule has 0 aliphatic carbocycles. The number of carbonyl (C=O) groups excluding carboxylic acids is 2. The molecule has 1 aliphatic rings. The number of aromatic nitrogens is 2. The number of nitrogens with zero attached hydrogens (tertiary/aromatic N) is 3. The van der Waals surface area contributed by atoms with Crippen LogP contribution < -0.4 is 5.32 Å². The Labute approximate surface area is 151 Å². The molecule has 27 heavy (non-hydrogen) atoms. The Bertz CT molecular complexity index is 814. The molecule has 2 aromatic rings. The molecular formula is C16H15F3N4O4. The first-order chi connectivity index (χ1) is 12.8. The second-order valence-electron chi connectivity index (χ2n) is 5.71. The number of rotatable bonds is 3. The summed E-state index contributed by atoms with van der Waals surface area (Å²) in [6.07, 6.45) is -4.71. The van der Waals surface area contributed by atoms with Gasteiger partial charge in [0.1, 0.15) is 0 Å². The number of carbonyl (C=O) groups is 2. The number of halogens is 3. The van der Waals surface area contributed by atoms with Crippen molar-refractivity contribution in [2.45, 2.75) is 12.7 Å². The van der Waals surface area contributed by atoms with Crippen LogP contribution in [0.25, 0.3) is 11.4 Å². The van der Waals surface area contributed by atoms with E-state index in [1.807, 2.05) is 0 Å². The Morgan fingerprint density at radius 1 is 1.15 bits per heavy atom. The molecule has 0 bridgehead atoms. The number of morpholine rings is 1. The average molecular weight is 384 g/mol. The fraction of sp³-hybridized carbons (Fsp3) is 0.375. The molecule has 0 atom stereocenters. The van der Waals surface area contributed by atoms with Crippen molar-refractivity contribution in [1.29, 1.82) is 0 Å². The molecule has 1 aromatic carbocycles. The van der Waals surface area contributed by atoms with Crippen LogP contribution in [0.15, 0.2) is 28.8 Å². The Hall–Kier alpha value is -2.95. The number of alkyl halides is 3. The van der Waals surface area contributed by atoms with Gasteiger partial charge in [-0.2, -0.15) is 18.2 Å². The van der Waals surface area contributed by atoms with Crippen molar-refractivity contribution < 1.29 is 32.0 Å². The van der Waals surface area contributed by atoms with Crippen molar-refractivity contribution in [2.24, 2.45) is 0 Å². The number of ether oxygens (including phenoxy) is 1. The molecule has 1 N–H and O–H groups in total. The van der Waals surface area contributed by atoms with Crippen molar-refractivity contribution in [1.82, 2.24) is 20.4 Å². The van der Waals surface area contributed by atoms with E-state index in [1.165, 1.54) is 17.0 Å². The molecule has 11 heteroatoms. The molecule has 144 valence electrons. The van der Waals surface area contributed by atoms with Crippen LogP contribution in [0.2, 0.25) is 0 Å². The summed E-state index contributed by atoms with van der Waals surface area (Å²) < 4.78 is 46.8. The van der Waals surface area contributed by atoms with Crippen LogP contribution in [-0.4, -0.2) is 53.2 Å². The number of hydrogen-bond donors (Lipinski definition) is 1. The first-order valence-electron chi connectivity index (χ1n) is 7.99. The van der Waals surface area contributed by atoms with Crippen molar-refractivity contribution in [3.63, 3.8) is 0 Å². The van der Waals surface area contributed by atoms with Gasteiger partial charge in [0, 0.05) is 25.2 Å². The topological polar surface area (TPSA) is 97.6 Å². The molecule has 1 aliphatic heterocycles. The molecule has 0 unspecified atom stereocenters. The minimum Gasteiger partial charge on any atom is -0.378 e. The number of amides is 2. The van der Waals surface area contributed by atoms with Crippen molar-refractivity contribution >= 4 is 11.8 Å². The summed E-state index contributed by atoms with van der Waals surface area (Å²) in [7, 11) is 0. The quantitative estimate of drug-likeness (QED) is 0.800. The van der Waals surface area contributed by atoms with E-state index in [9.17, 15) is 22.8 Å². The number of nitrogens with one attached hydrogen (secondary N) is 1. The Morgan fingerprint density at radius 3 is 2.41 bits per heavy atom. The van der Waals surface area contributed by atoms with E-state index in [-0.39, 0.29) is 12.4 Å². The lowest BCUT2D eigenvalue weighted by Crippen LogP contribution is -2.47. The zero-order valence-electron chi connectivity index (χ0n) is 14.0. The molecule has 0 saturated carbocycles. The van der Waals surface area contributed by atoms with Crippen LogP contribution in [-0.2, 0) is 27.0 Å². The lowest BCUT2D eigenvalue weighted by Gasteiger charge is -2.26. The van der Waals surface area contributed by atoms with Gasteiger partial charge in [-0.15, -0.1) is 0 Å². The monoisotopic (exact) mass is 384 g/mol.